The van der Waals surface area contributed by atoms with Gasteiger partial charge in [0.25, 0.3) is 0 Å². The molecule has 0 aromatic carbocycles. The highest BCUT2D eigenvalue weighted by Gasteiger charge is 2.45. The molecule has 0 radical (unpaired) electrons. The first-order valence-corrected chi connectivity index (χ1v) is 6.61. The number of likely N-dealkylation sites (tertiary alicyclic amines) is 1. The number of ether oxygens (including phenoxy) is 1. The standard InChI is InChI=1S/C13H23NO3/c1-17-8-7-14-6-2-5-13(10-14,12(15)16)9-11-3-4-11/h11H,2-10H2,1H3,(H,15,16). The van der Waals surface area contributed by atoms with Crippen molar-refractivity contribution in [3.8, 4) is 0 Å². The SMILES string of the molecule is COCCN1CCCC(CC2CC2)(C(=O)O)C1. The van der Waals surface area contributed by atoms with Crippen LogP contribution in [0, 0.1) is 11.3 Å². The minimum absolute atomic E-state index is 0.479. The van der Waals surface area contributed by atoms with Crippen molar-refractivity contribution in [2.45, 2.75) is 32.1 Å². The smallest absolute Gasteiger partial charge is 0.310 e. The maximum Gasteiger partial charge on any atom is 0.310 e. The zero-order valence-corrected chi connectivity index (χ0v) is 10.7. The minimum Gasteiger partial charge on any atom is -0.481 e. The lowest BCUT2D eigenvalue weighted by atomic mass is 9.75. The first-order valence-electron chi connectivity index (χ1n) is 6.61. The summed E-state index contributed by atoms with van der Waals surface area (Å²) in [6.45, 7) is 3.28. The highest BCUT2D eigenvalue weighted by atomic mass is 16.5. The van der Waals surface area contributed by atoms with E-state index in [0.29, 0.717) is 19.1 Å². The number of carboxylic acid groups (broad SMARTS) is 1. The summed E-state index contributed by atoms with van der Waals surface area (Å²) in [5.74, 6) is 0.0833. The second-order valence-corrected chi connectivity index (χ2v) is 5.61. The second kappa shape index (κ2) is 5.36. The van der Waals surface area contributed by atoms with Crippen molar-refractivity contribution in [3.63, 3.8) is 0 Å². The number of nitrogens with zero attached hydrogens (tertiary/aromatic N) is 1. The van der Waals surface area contributed by atoms with Crippen LogP contribution in [0.2, 0.25) is 0 Å². The van der Waals surface area contributed by atoms with Crippen molar-refractivity contribution in [1.29, 1.82) is 0 Å². The molecule has 2 rings (SSSR count). The summed E-state index contributed by atoms with van der Waals surface area (Å²) < 4.78 is 5.08. The molecule has 1 atom stereocenters. The molecule has 1 aliphatic heterocycles. The van der Waals surface area contributed by atoms with E-state index in [1.807, 2.05) is 0 Å². The van der Waals surface area contributed by atoms with E-state index in [1.54, 1.807) is 7.11 Å². The largest absolute Gasteiger partial charge is 0.481 e. The highest BCUT2D eigenvalue weighted by molar-refractivity contribution is 5.75. The van der Waals surface area contributed by atoms with Gasteiger partial charge in [-0.05, 0) is 31.7 Å². The average Bonchev–Trinajstić information content (AvgIpc) is 3.10. The van der Waals surface area contributed by atoms with Gasteiger partial charge in [-0.25, -0.2) is 0 Å². The zero-order chi connectivity index (χ0) is 12.3. The van der Waals surface area contributed by atoms with Crippen LogP contribution in [0.15, 0.2) is 0 Å². The van der Waals surface area contributed by atoms with E-state index in [9.17, 15) is 9.90 Å². The van der Waals surface area contributed by atoms with Crippen LogP contribution >= 0.6 is 0 Å². The minimum atomic E-state index is -0.591. The Hall–Kier alpha value is -0.610. The van der Waals surface area contributed by atoms with Gasteiger partial charge in [0.15, 0.2) is 0 Å². The molecule has 1 saturated heterocycles. The van der Waals surface area contributed by atoms with E-state index >= 15 is 0 Å². The van der Waals surface area contributed by atoms with Crippen molar-refractivity contribution in [2.24, 2.45) is 11.3 Å². The molecule has 2 aliphatic rings. The first kappa shape index (κ1) is 12.8. The third kappa shape index (κ3) is 3.19. The Morgan fingerprint density at radius 3 is 2.88 bits per heavy atom. The molecule has 0 amide bonds. The molecular formula is C13H23NO3. The van der Waals surface area contributed by atoms with Crippen molar-refractivity contribution >= 4 is 5.97 Å². The van der Waals surface area contributed by atoms with E-state index in [4.69, 9.17) is 4.74 Å². The molecule has 4 nitrogen and oxygen atoms in total. The Kier molecular flexibility index (Phi) is 4.05. The number of hydrogen-bond acceptors (Lipinski definition) is 3. The third-order valence-electron chi connectivity index (χ3n) is 4.10. The fraction of sp³-hybridized carbons (Fsp3) is 0.923. The summed E-state index contributed by atoms with van der Waals surface area (Å²) in [7, 11) is 1.69. The Bertz CT molecular complexity index is 278. The summed E-state index contributed by atoms with van der Waals surface area (Å²) >= 11 is 0. The van der Waals surface area contributed by atoms with Crippen LogP contribution in [-0.4, -0.2) is 49.3 Å². The van der Waals surface area contributed by atoms with Crippen LogP contribution < -0.4 is 0 Å². The van der Waals surface area contributed by atoms with Gasteiger partial charge in [0.2, 0.25) is 0 Å². The molecule has 0 bridgehead atoms. The van der Waals surface area contributed by atoms with E-state index < -0.39 is 11.4 Å². The topological polar surface area (TPSA) is 49.8 Å². The quantitative estimate of drug-likeness (QED) is 0.767. The summed E-state index contributed by atoms with van der Waals surface area (Å²) in [4.78, 5) is 13.9. The van der Waals surface area contributed by atoms with Crippen LogP contribution in [0.1, 0.15) is 32.1 Å². The van der Waals surface area contributed by atoms with Crippen molar-refractivity contribution in [3.05, 3.63) is 0 Å². The average molecular weight is 241 g/mol. The molecule has 1 unspecified atom stereocenters. The maximum absolute atomic E-state index is 11.6. The van der Waals surface area contributed by atoms with E-state index in [1.165, 1.54) is 12.8 Å². The fourth-order valence-corrected chi connectivity index (χ4v) is 2.94. The zero-order valence-electron chi connectivity index (χ0n) is 10.7. The molecule has 98 valence electrons. The lowest BCUT2D eigenvalue weighted by Crippen LogP contribution is -2.48. The van der Waals surface area contributed by atoms with Crippen molar-refractivity contribution in [1.82, 2.24) is 4.90 Å². The van der Waals surface area contributed by atoms with Gasteiger partial charge in [-0.2, -0.15) is 0 Å². The van der Waals surface area contributed by atoms with Crippen LogP contribution in [0.5, 0.6) is 0 Å². The lowest BCUT2D eigenvalue weighted by Gasteiger charge is -2.40. The molecule has 17 heavy (non-hydrogen) atoms. The maximum atomic E-state index is 11.6. The number of hydrogen-bond donors (Lipinski definition) is 1. The predicted octanol–water partition coefficient (Wildman–Crippen LogP) is 1.60. The summed E-state index contributed by atoms with van der Waals surface area (Å²) in [5.41, 5.74) is -0.479. The Balaban J connectivity index is 1.96. The summed E-state index contributed by atoms with van der Waals surface area (Å²) in [6, 6.07) is 0. The van der Waals surface area contributed by atoms with Gasteiger partial charge >= 0.3 is 5.97 Å². The Morgan fingerprint density at radius 1 is 1.53 bits per heavy atom. The van der Waals surface area contributed by atoms with Crippen molar-refractivity contribution in [2.75, 3.05) is 33.4 Å². The van der Waals surface area contributed by atoms with Gasteiger partial charge in [0.1, 0.15) is 0 Å². The lowest BCUT2D eigenvalue weighted by molar-refractivity contribution is -0.153. The highest BCUT2D eigenvalue weighted by Crippen LogP contribution is 2.44. The number of piperidine rings is 1. The predicted molar refractivity (Wildman–Crippen MR) is 65.0 cm³/mol. The van der Waals surface area contributed by atoms with Crippen LogP contribution in [0.4, 0.5) is 0 Å². The van der Waals surface area contributed by atoms with Crippen LogP contribution in [0.25, 0.3) is 0 Å². The molecular weight excluding hydrogens is 218 g/mol. The third-order valence-corrected chi connectivity index (χ3v) is 4.10. The van der Waals surface area contributed by atoms with Crippen molar-refractivity contribution < 1.29 is 14.6 Å². The molecule has 4 heteroatoms. The molecule has 0 spiro atoms. The molecule has 0 aromatic heterocycles. The van der Waals surface area contributed by atoms with Gasteiger partial charge in [-0.3, -0.25) is 9.69 Å². The van der Waals surface area contributed by atoms with Gasteiger partial charge in [0, 0.05) is 20.2 Å². The fourth-order valence-electron chi connectivity index (χ4n) is 2.94. The summed E-state index contributed by atoms with van der Waals surface area (Å²) in [6.07, 6.45) is 5.19. The number of carboxylic acids is 1. The monoisotopic (exact) mass is 241 g/mol. The second-order valence-electron chi connectivity index (χ2n) is 5.61. The number of rotatable bonds is 6. The molecule has 1 saturated carbocycles. The van der Waals surface area contributed by atoms with Gasteiger partial charge in [0.05, 0.1) is 12.0 Å². The van der Waals surface area contributed by atoms with Gasteiger partial charge < -0.3 is 9.84 Å². The number of methoxy groups -OCH3 is 1. The molecule has 1 heterocycles. The molecule has 2 fully saturated rings. The van der Waals surface area contributed by atoms with Crippen LogP contribution in [0.3, 0.4) is 0 Å². The van der Waals surface area contributed by atoms with E-state index in [0.717, 1.165) is 32.4 Å². The van der Waals surface area contributed by atoms with Crippen LogP contribution in [-0.2, 0) is 9.53 Å². The number of aliphatic carboxylic acids is 1. The van der Waals surface area contributed by atoms with E-state index in [2.05, 4.69) is 4.90 Å². The molecule has 1 N–H and O–H groups in total. The first-order chi connectivity index (χ1) is 8.16. The Morgan fingerprint density at radius 2 is 2.29 bits per heavy atom. The Labute approximate surface area is 103 Å². The summed E-state index contributed by atoms with van der Waals surface area (Å²) in [5, 5.41) is 9.55. The van der Waals surface area contributed by atoms with Gasteiger partial charge in [-0.15, -0.1) is 0 Å². The molecule has 0 aromatic rings. The molecule has 1 aliphatic carbocycles. The normalized spacial score (nSPS) is 30.4. The number of carbonyl (C=O) groups is 1. The van der Waals surface area contributed by atoms with E-state index in [-0.39, 0.29) is 0 Å². The van der Waals surface area contributed by atoms with Gasteiger partial charge in [-0.1, -0.05) is 12.8 Å².